The third-order valence-corrected chi connectivity index (χ3v) is 3.90. The van der Waals surface area contributed by atoms with Crippen LogP contribution >= 0.6 is 15.9 Å². The molecule has 0 bridgehead atoms. The Morgan fingerprint density at radius 1 is 1.32 bits per heavy atom. The molecule has 1 aromatic carbocycles. The lowest BCUT2D eigenvalue weighted by molar-refractivity contribution is 0.583. The molecule has 19 heavy (non-hydrogen) atoms. The third kappa shape index (κ3) is 3.45. The van der Waals surface area contributed by atoms with Gasteiger partial charge in [0.25, 0.3) is 0 Å². The Labute approximate surface area is 122 Å². The van der Waals surface area contributed by atoms with Crippen molar-refractivity contribution in [2.45, 2.75) is 32.7 Å². The smallest absolute Gasteiger partial charge is 0.0596 e. The third-order valence-electron chi connectivity index (χ3n) is 3.37. The SMILES string of the molecule is CCn1nc(C)cc1CC(CN)c1ccc(Br)cc1. The van der Waals surface area contributed by atoms with E-state index in [1.54, 1.807) is 0 Å². The van der Waals surface area contributed by atoms with E-state index < -0.39 is 0 Å². The molecule has 0 fully saturated rings. The van der Waals surface area contributed by atoms with Crippen LogP contribution in [0.1, 0.15) is 29.8 Å². The van der Waals surface area contributed by atoms with E-state index in [1.165, 1.54) is 11.3 Å². The van der Waals surface area contributed by atoms with Gasteiger partial charge in [0, 0.05) is 22.6 Å². The molecule has 0 aliphatic heterocycles. The summed E-state index contributed by atoms with van der Waals surface area (Å²) in [6.45, 7) is 5.70. The number of rotatable bonds is 5. The molecule has 1 heterocycles. The molecule has 3 nitrogen and oxygen atoms in total. The molecule has 2 N–H and O–H groups in total. The fraction of sp³-hybridized carbons (Fsp3) is 0.400. The number of benzene rings is 1. The van der Waals surface area contributed by atoms with Crippen molar-refractivity contribution in [2.75, 3.05) is 6.54 Å². The van der Waals surface area contributed by atoms with Gasteiger partial charge < -0.3 is 5.73 Å². The van der Waals surface area contributed by atoms with Crippen molar-refractivity contribution in [2.24, 2.45) is 5.73 Å². The lowest BCUT2D eigenvalue weighted by Gasteiger charge is -2.16. The molecular formula is C15H20BrN3. The maximum atomic E-state index is 5.95. The van der Waals surface area contributed by atoms with Crippen LogP contribution in [0.15, 0.2) is 34.8 Å². The van der Waals surface area contributed by atoms with Crippen LogP contribution in [-0.4, -0.2) is 16.3 Å². The summed E-state index contributed by atoms with van der Waals surface area (Å²) in [6.07, 6.45) is 0.937. The average Bonchev–Trinajstić information content (AvgIpc) is 2.77. The van der Waals surface area contributed by atoms with E-state index in [0.717, 1.165) is 23.1 Å². The fourth-order valence-electron chi connectivity index (χ4n) is 2.36. The maximum Gasteiger partial charge on any atom is 0.0596 e. The van der Waals surface area contributed by atoms with Crippen molar-refractivity contribution >= 4 is 15.9 Å². The van der Waals surface area contributed by atoms with Gasteiger partial charge in [-0.15, -0.1) is 0 Å². The minimum atomic E-state index is 0.342. The number of aromatic nitrogens is 2. The Kier molecular flexibility index (Phi) is 4.77. The van der Waals surface area contributed by atoms with Gasteiger partial charge in [0.05, 0.1) is 5.69 Å². The highest BCUT2D eigenvalue weighted by Crippen LogP contribution is 2.22. The first-order valence-corrected chi connectivity index (χ1v) is 7.42. The van der Waals surface area contributed by atoms with Crippen LogP contribution in [0.2, 0.25) is 0 Å². The molecule has 0 radical (unpaired) electrons. The summed E-state index contributed by atoms with van der Waals surface area (Å²) in [5.41, 5.74) is 9.57. The second-order valence-corrected chi connectivity index (χ2v) is 5.70. The van der Waals surface area contributed by atoms with Gasteiger partial charge in [-0.05, 0) is 50.6 Å². The normalized spacial score (nSPS) is 12.6. The summed E-state index contributed by atoms with van der Waals surface area (Å²) in [5, 5.41) is 4.49. The van der Waals surface area contributed by atoms with Crippen molar-refractivity contribution in [3.8, 4) is 0 Å². The number of nitrogens with two attached hydrogens (primary N) is 1. The minimum Gasteiger partial charge on any atom is -0.330 e. The van der Waals surface area contributed by atoms with Crippen molar-refractivity contribution in [1.82, 2.24) is 9.78 Å². The number of hydrogen-bond acceptors (Lipinski definition) is 2. The molecule has 102 valence electrons. The van der Waals surface area contributed by atoms with E-state index in [2.05, 4.69) is 63.0 Å². The van der Waals surface area contributed by atoms with Crippen LogP contribution in [0.5, 0.6) is 0 Å². The largest absolute Gasteiger partial charge is 0.330 e. The fourth-order valence-corrected chi connectivity index (χ4v) is 2.63. The highest BCUT2D eigenvalue weighted by Gasteiger charge is 2.14. The molecule has 1 aromatic heterocycles. The minimum absolute atomic E-state index is 0.342. The second kappa shape index (κ2) is 6.35. The van der Waals surface area contributed by atoms with Gasteiger partial charge in [0.15, 0.2) is 0 Å². The van der Waals surface area contributed by atoms with E-state index in [-0.39, 0.29) is 0 Å². The summed E-state index contributed by atoms with van der Waals surface area (Å²) in [7, 11) is 0. The standard InChI is InChI=1S/C15H20BrN3/c1-3-19-15(8-11(2)18-19)9-13(10-17)12-4-6-14(16)7-5-12/h4-8,13H,3,9-10,17H2,1-2H3. The molecule has 0 saturated carbocycles. The van der Waals surface area contributed by atoms with Crippen LogP contribution in [-0.2, 0) is 13.0 Å². The van der Waals surface area contributed by atoms with Crippen molar-refractivity contribution < 1.29 is 0 Å². The van der Waals surface area contributed by atoms with Crippen molar-refractivity contribution in [3.05, 3.63) is 51.8 Å². The van der Waals surface area contributed by atoms with Gasteiger partial charge in [0.1, 0.15) is 0 Å². The van der Waals surface area contributed by atoms with Crippen molar-refractivity contribution in [1.29, 1.82) is 0 Å². The second-order valence-electron chi connectivity index (χ2n) is 4.78. The summed E-state index contributed by atoms with van der Waals surface area (Å²) in [6, 6.07) is 10.6. The Morgan fingerprint density at radius 2 is 2.00 bits per heavy atom. The first-order valence-electron chi connectivity index (χ1n) is 6.63. The summed E-state index contributed by atoms with van der Waals surface area (Å²) < 4.78 is 3.16. The van der Waals surface area contributed by atoms with Crippen LogP contribution in [0.4, 0.5) is 0 Å². The quantitative estimate of drug-likeness (QED) is 0.918. The van der Waals surface area contributed by atoms with Gasteiger partial charge in [-0.25, -0.2) is 0 Å². The van der Waals surface area contributed by atoms with Crippen LogP contribution in [0.3, 0.4) is 0 Å². The highest BCUT2D eigenvalue weighted by atomic mass is 79.9. The van der Waals surface area contributed by atoms with Gasteiger partial charge in [-0.1, -0.05) is 28.1 Å². The van der Waals surface area contributed by atoms with Crippen LogP contribution in [0.25, 0.3) is 0 Å². The molecule has 1 unspecified atom stereocenters. The van der Waals surface area contributed by atoms with E-state index in [0.29, 0.717) is 12.5 Å². The Balaban J connectivity index is 2.21. The summed E-state index contributed by atoms with van der Waals surface area (Å²) >= 11 is 3.46. The van der Waals surface area contributed by atoms with Gasteiger partial charge >= 0.3 is 0 Å². The summed E-state index contributed by atoms with van der Waals surface area (Å²) in [4.78, 5) is 0. The molecule has 0 spiro atoms. The molecule has 1 atom stereocenters. The van der Waals surface area contributed by atoms with E-state index in [9.17, 15) is 0 Å². The lowest BCUT2D eigenvalue weighted by atomic mass is 9.94. The van der Waals surface area contributed by atoms with E-state index in [1.807, 2.05) is 6.92 Å². The molecule has 2 aromatic rings. The molecule has 4 heteroatoms. The monoisotopic (exact) mass is 321 g/mol. The van der Waals surface area contributed by atoms with Gasteiger partial charge in [-0.2, -0.15) is 5.10 Å². The first-order chi connectivity index (χ1) is 9.13. The predicted molar refractivity (Wildman–Crippen MR) is 82.3 cm³/mol. The molecule has 0 saturated heterocycles. The van der Waals surface area contributed by atoms with Crippen LogP contribution in [0, 0.1) is 6.92 Å². The zero-order chi connectivity index (χ0) is 13.8. The zero-order valence-corrected chi connectivity index (χ0v) is 13.0. The molecule has 0 amide bonds. The Morgan fingerprint density at radius 3 is 2.58 bits per heavy atom. The average molecular weight is 322 g/mol. The summed E-state index contributed by atoms with van der Waals surface area (Å²) in [5.74, 6) is 0.342. The number of hydrogen-bond donors (Lipinski definition) is 1. The Bertz CT molecular complexity index is 531. The highest BCUT2D eigenvalue weighted by molar-refractivity contribution is 9.10. The topological polar surface area (TPSA) is 43.8 Å². The Hall–Kier alpha value is -1.13. The maximum absolute atomic E-state index is 5.95. The van der Waals surface area contributed by atoms with E-state index >= 15 is 0 Å². The van der Waals surface area contributed by atoms with Crippen molar-refractivity contribution in [3.63, 3.8) is 0 Å². The molecule has 0 aliphatic carbocycles. The first kappa shape index (κ1) is 14.3. The van der Waals surface area contributed by atoms with Gasteiger partial charge in [0.2, 0.25) is 0 Å². The zero-order valence-electron chi connectivity index (χ0n) is 11.4. The lowest BCUT2D eigenvalue weighted by Crippen LogP contribution is -2.17. The molecular weight excluding hydrogens is 302 g/mol. The van der Waals surface area contributed by atoms with E-state index in [4.69, 9.17) is 5.73 Å². The number of aryl methyl sites for hydroxylation is 2. The number of nitrogens with zero attached hydrogens (tertiary/aromatic N) is 2. The molecule has 2 rings (SSSR count). The number of halogens is 1. The van der Waals surface area contributed by atoms with Gasteiger partial charge in [-0.3, -0.25) is 4.68 Å². The van der Waals surface area contributed by atoms with Crippen LogP contribution < -0.4 is 5.73 Å². The predicted octanol–water partition coefficient (Wildman–Crippen LogP) is 3.26. The molecule has 0 aliphatic rings.